The molecule has 1 atom stereocenters. The van der Waals surface area contributed by atoms with Crippen molar-refractivity contribution >= 4 is 30.2 Å². The van der Waals surface area contributed by atoms with Crippen LogP contribution in [0.25, 0.3) is 0 Å². The number of aliphatic carboxylic acids is 1. The number of ether oxygens (including phenoxy) is 2. The Hall–Kier alpha value is -1.69. The number of rotatable bonds is 6. The first-order chi connectivity index (χ1) is 11.0. The fourth-order valence-electron chi connectivity index (χ4n) is 2.35. The standard InChI is InChI=1S/C17H17ClO4S/c1-10-5-3-4-6-11(10)16(21-2)15-12(18)7-8-13(17(15)23)22-9-14(19)20/h3-8,16,23H,9H2,1-2H3,(H,19,20). The van der Waals surface area contributed by atoms with Crippen LogP contribution in [0.4, 0.5) is 0 Å². The van der Waals surface area contributed by atoms with Gasteiger partial charge in [0.25, 0.3) is 0 Å². The minimum atomic E-state index is -1.06. The number of thiol groups is 1. The molecule has 1 N–H and O–H groups in total. The number of hydrogen-bond acceptors (Lipinski definition) is 4. The highest BCUT2D eigenvalue weighted by Crippen LogP contribution is 2.40. The predicted octanol–water partition coefficient (Wildman–Crippen LogP) is 4.14. The van der Waals surface area contributed by atoms with E-state index in [-0.39, 0.29) is 0 Å². The van der Waals surface area contributed by atoms with Crippen LogP contribution in [-0.4, -0.2) is 24.8 Å². The summed E-state index contributed by atoms with van der Waals surface area (Å²) in [4.78, 5) is 11.2. The number of carboxylic acids is 1. The molecule has 2 aromatic carbocycles. The summed E-state index contributed by atoms with van der Waals surface area (Å²) in [6, 6.07) is 11.1. The lowest BCUT2D eigenvalue weighted by atomic mass is 9.97. The van der Waals surface area contributed by atoms with Crippen molar-refractivity contribution in [2.24, 2.45) is 0 Å². The van der Waals surface area contributed by atoms with E-state index >= 15 is 0 Å². The molecule has 0 bridgehead atoms. The van der Waals surface area contributed by atoms with Crippen LogP contribution in [0.15, 0.2) is 41.3 Å². The molecule has 0 aliphatic rings. The van der Waals surface area contributed by atoms with E-state index in [9.17, 15) is 4.79 Å². The zero-order valence-corrected chi connectivity index (χ0v) is 14.4. The van der Waals surface area contributed by atoms with Gasteiger partial charge < -0.3 is 14.6 Å². The molecule has 0 aliphatic carbocycles. The molecule has 0 aromatic heterocycles. The van der Waals surface area contributed by atoms with Gasteiger partial charge in [-0.25, -0.2) is 4.79 Å². The van der Waals surface area contributed by atoms with Gasteiger partial charge in [-0.05, 0) is 30.2 Å². The van der Waals surface area contributed by atoms with Gasteiger partial charge in [-0.15, -0.1) is 12.6 Å². The molecule has 1 unspecified atom stereocenters. The van der Waals surface area contributed by atoms with Gasteiger partial charge in [0.2, 0.25) is 0 Å². The lowest BCUT2D eigenvalue weighted by Gasteiger charge is -2.22. The van der Waals surface area contributed by atoms with E-state index in [1.807, 2.05) is 31.2 Å². The summed E-state index contributed by atoms with van der Waals surface area (Å²) in [6.45, 7) is 1.54. The number of methoxy groups -OCH3 is 1. The van der Waals surface area contributed by atoms with Gasteiger partial charge >= 0.3 is 5.97 Å². The molecule has 6 heteroatoms. The second kappa shape index (κ2) is 7.73. The number of carboxylic acid groups (broad SMARTS) is 1. The molecule has 0 fully saturated rings. The van der Waals surface area contributed by atoms with Crippen molar-refractivity contribution in [3.05, 3.63) is 58.1 Å². The van der Waals surface area contributed by atoms with E-state index in [0.717, 1.165) is 11.1 Å². The molecule has 122 valence electrons. The van der Waals surface area contributed by atoms with Crippen LogP contribution in [0.5, 0.6) is 5.75 Å². The molecule has 2 rings (SSSR count). The molecular formula is C17H17ClO4S. The van der Waals surface area contributed by atoms with E-state index in [1.165, 1.54) is 0 Å². The third-order valence-electron chi connectivity index (χ3n) is 3.45. The van der Waals surface area contributed by atoms with Gasteiger partial charge in [-0.1, -0.05) is 35.9 Å². The number of benzene rings is 2. The highest BCUT2D eigenvalue weighted by Gasteiger charge is 2.23. The van der Waals surface area contributed by atoms with Crippen molar-refractivity contribution in [1.82, 2.24) is 0 Å². The Labute approximate surface area is 145 Å². The van der Waals surface area contributed by atoms with Crippen molar-refractivity contribution in [2.75, 3.05) is 13.7 Å². The van der Waals surface area contributed by atoms with Gasteiger partial charge in [-0.2, -0.15) is 0 Å². The van der Waals surface area contributed by atoms with Crippen LogP contribution in [0.3, 0.4) is 0 Å². The summed E-state index contributed by atoms with van der Waals surface area (Å²) in [5, 5.41) is 9.24. The first kappa shape index (κ1) is 17.7. The summed E-state index contributed by atoms with van der Waals surface area (Å²) in [7, 11) is 1.59. The Morgan fingerprint density at radius 1 is 1.30 bits per heavy atom. The Morgan fingerprint density at radius 2 is 2.00 bits per heavy atom. The van der Waals surface area contributed by atoms with Crippen molar-refractivity contribution in [2.45, 2.75) is 17.9 Å². The molecule has 0 heterocycles. The Bertz CT molecular complexity index is 718. The lowest BCUT2D eigenvalue weighted by Crippen LogP contribution is -2.12. The normalized spacial score (nSPS) is 12.0. The molecule has 4 nitrogen and oxygen atoms in total. The zero-order valence-electron chi connectivity index (χ0n) is 12.7. The number of aryl methyl sites for hydroxylation is 1. The molecule has 0 saturated heterocycles. The van der Waals surface area contributed by atoms with Crippen LogP contribution in [0, 0.1) is 6.92 Å². The highest BCUT2D eigenvalue weighted by atomic mass is 35.5. The SMILES string of the molecule is COC(c1ccccc1C)c1c(Cl)ccc(OCC(=O)O)c1S. The van der Waals surface area contributed by atoms with Gasteiger partial charge in [0.1, 0.15) is 11.9 Å². The largest absolute Gasteiger partial charge is 0.481 e. The molecule has 0 spiro atoms. The smallest absolute Gasteiger partial charge is 0.341 e. The zero-order chi connectivity index (χ0) is 17.0. The molecule has 2 aromatic rings. The van der Waals surface area contributed by atoms with Crippen LogP contribution in [0.2, 0.25) is 5.02 Å². The summed E-state index contributed by atoms with van der Waals surface area (Å²) < 4.78 is 10.9. The topological polar surface area (TPSA) is 55.8 Å². The van der Waals surface area contributed by atoms with Crippen LogP contribution < -0.4 is 4.74 Å². The number of halogens is 1. The average molecular weight is 353 g/mol. The minimum absolute atomic E-state index is 0.353. The molecule has 0 saturated carbocycles. The maximum Gasteiger partial charge on any atom is 0.341 e. The fraction of sp³-hybridized carbons (Fsp3) is 0.235. The summed E-state index contributed by atoms with van der Waals surface area (Å²) in [5.74, 6) is -0.706. The highest BCUT2D eigenvalue weighted by molar-refractivity contribution is 7.80. The Morgan fingerprint density at radius 3 is 2.61 bits per heavy atom. The quantitative estimate of drug-likeness (QED) is 0.767. The minimum Gasteiger partial charge on any atom is -0.481 e. The molecule has 23 heavy (non-hydrogen) atoms. The third-order valence-corrected chi connectivity index (χ3v) is 4.24. The van der Waals surface area contributed by atoms with E-state index < -0.39 is 18.7 Å². The average Bonchev–Trinajstić information content (AvgIpc) is 2.51. The van der Waals surface area contributed by atoms with Gasteiger partial charge in [0.05, 0.1) is 4.90 Å². The van der Waals surface area contributed by atoms with Gasteiger partial charge in [-0.3, -0.25) is 0 Å². The van der Waals surface area contributed by atoms with Crippen molar-refractivity contribution < 1.29 is 19.4 Å². The lowest BCUT2D eigenvalue weighted by molar-refractivity contribution is -0.139. The number of hydrogen-bond donors (Lipinski definition) is 2. The fourth-order valence-corrected chi connectivity index (χ4v) is 3.05. The first-order valence-electron chi connectivity index (χ1n) is 6.90. The maximum absolute atomic E-state index is 10.7. The van der Waals surface area contributed by atoms with Gasteiger partial charge in [0, 0.05) is 17.7 Å². The van der Waals surface area contributed by atoms with Crippen molar-refractivity contribution in [1.29, 1.82) is 0 Å². The van der Waals surface area contributed by atoms with Crippen molar-refractivity contribution in [3.8, 4) is 5.75 Å². The van der Waals surface area contributed by atoms with E-state index in [2.05, 4.69) is 12.6 Å². The Balaban J connectivity index is 2.49. The van der Waals surface area contributed by atoms with Crippen LogP contribution in [0.1, 0.15) is 22.8 Å². The summed E-state index contributed by atoms with van der Waals surface area (Å²) in [6.07, 6.45) is -0.426. The maximum atomic E-state index is 10.7. The van der Waals surface area contributed by atoms with Gasteiger partial charge in [0.15, 0.2) is 6.61 Å². The molecule has 0 amide bonds. The van der Waals surface area contributed by atoms with E-state index in [0.29, 0.717) is 21.2 Å². The molecular weight excluding hydrogens is 336 g/mol. The summed E-state index contributed by atoms with van der Waals surface area (Å²) >= 11 is 10.8. The second-order valence-corrected chi connectivity index (χ2v) is 5.82. The second-order valence-electron chi connectivity index (χ2n) is 4.96. The van der Waals surface area contributed by atoms with Crippen LogP contribution >= 0.6 is 24.2 Å². The predicted molar refractivity (Wildman–Crippen MR) is 91.9 cm³/mol. The Kier molecular flexibility index (Phi) is 5.93. The first-order valence-corrected chi connectivity index (χ1v) is 7.72. The van der Waals surface area contributed by atoms with E-state index in [1.54, 1.807) is 19.2 Å². The van der Waals surface area contributed by atoms with E-state index in [4.69, 9.17) is 26.2 Å². The third kappa shape index (κ3) is 3.99. The summed E-state index contributed by atoms with van der Waals surface area (Å²) in [5.41, 5.74) is 2.66. The molecule has 0 radical (unpaired) electrons. The monoisotopic (exact) mass is 352 g/mol. The van der Waals surface area contributed by atoms with Crippen molar-refractivity contribution in [3.63, 3.8) is 0 Å². The molecule has 0 aliphatic heterocycles. The van der Waals surface area contributed by atoms with Crippen LogP contribution in [-0.2, 0) is 9.53 Å². The number of carbonyl (C=O) groups is 1.